The number of benzene rings is 1. The molecule has 0 spiro atoms. The van der Waals surface area contributed by atoms with Crippen LogP contribution in [0.1, 0.15) is 11.1 Å². The third-order valence-corrected chi connectivity index (χ3v) is 4.44. The van der Waals surface area contributed by atoms with Gasteiger partial charge in [-0.3, -0.25) is 0 Å². The van der Waals surface area contributed by atoms with Crippen molar-refractivity contribution in [2.45, 2.75) is 40.5 Å². The smallest absolute Gasteiger partial charge is 0.406 e. The summed E-state index contributed by atoms with van der Waals surface area (Å²) >= 11 is 18.3. The molecule has 174 valence electrons. The van der Waals surface area contributed by atoms with Crippen molar-refractivity contribution in [3.63, 3.8) is 0 Å². The average Bonchev–Trinajstić information content (AvgIpc) is 2.43. The molecule has 1 nitrogen and oxygen atoms in total. The molecule has 0 N–H and O–H groups in total. The van der Waals surface area contributed by atoms with Gasteiger partial charge in [-0.2, -0.15) is 35.1 Å². The van der Waals surface area contributed by atoms with Crippen LogP contribution in [0.25, 0.3) is 0 Å². The molecule has 0 heterocycles. The summed E-state index contributed by atoms with van der Waals surface area (Å²) in [5.74, 6) is -8.92. The van der Waals surface area contributed by atoms with Gasteiger partial charge in [-0.1, -0.05) is 50.7 Å². The summed E-state index contributed by atoms with van der Waals surface area (Å²) in [4.78, 5) is 0. The van der Waals surface area contributed by atoms with Crippen LogP contribution in [0.5, 0.6) is 5.75 Å². The van der Waals surface area contributed by atoms with Gasteiger partial charge in [-0.05, 0) is 17.7 Å². The molecule has 0 fully saturated rings. The van der Waals surface area contributed by atoms with Crippen molar-refractivity contribution in [1.29, 1.82) is 0 Å². The second kappa shape index (κ2) is 8.14. The van der Waals surface area contributed by atoms with Crippen molar-refractivity contribution in [2.75, 3.05) is 0 Å². The molecule has 17 heteroatoms. The highest BCUT2D eigenvalue weighted by Gasteiger charge is 2.82. The summed E-state index contributed by atoms with van der Waals surface area (Å²) in [5, 5.41) is 0. The fourth-order valence-corrected chi connectivity index (χ4v) is 3.17. The van der Waals surface area contributed by atoms with Crippen LogP contribution < -0.4 is 4.74 Å². The van der Waals surface area contributed by atoms with E-state index in [-0.39, 0.29) is 6.07 Å². The maximum absolute atomic E-state index is 14.9. The van der Waals surface area contributed by atoms with Gasteiger partial charge in [-0.15, -0.1) is 13.2 Å². The Hall–Kier alpha value is -0.470. The minimum atomic E-state index is -7.17. The highest BCUT2D eigenvalue weighted by molar-refractivity contribution is 9.10. The summed E-state index contributed by atoms with van der Waals surface area (Å²) in [6.07, 6.45) is -21.2. The van der Waals surface area contributed by atoms with Gasteiger partial charge in [0.2, 0.25) is 0 Å². The minimum absolute atomic E-state index is 0.214. The van der Waals surface area contributed by atoms with E-state index in [2.05, 4.69) is 20.7 Å². The van der Waals surface area contributed by atoms with E-state index in [1.807, 2.05) is 0 Å². The molecule has 1 unspecified atom stereocenters. The van der Waals surface area contributed by atoms with Gasteiger partial charge >= 0.3 is 30.3 Å². The van der Waals surface area contributed by atoms with E-state index in [0.717, 1.165) is 0 Å². The molecule has 0 radical (unpaired) electrons. The molecule has 30 heavy (non-hydrogen) atoms. The van der Waals surface area contributed by atoms with Crippen LogP contribution in [0.3, 0.4) is 0 Å². The predicted octanol–water partition coefficient (Wildman–Crippen LogP) is 8.19. The molecular formula is C13H4BrCl3F12O. The minimum Gasteiger partial charge on any atom is -0.406 e. The Morgan fingerprint density at radius 2 is 1.23 bits per heavy atom. The number of rotatable bonds is 4. The Labute approximate surface area is 182 Å². The van der Waals surface area contributed by atoms with E-state index < -0.39 is 67.9 Å². The number of ether oxygens (including phenoxy) is 1. The highest BCUT2D eigenvalue weighted by Crippen LogP contribution is 2.60. The van der Waals surface area contributed by atoms with Gasteiger partial charge in [0.25, 0.3) is 0 Å². The summed E-state index contributed by atoms with van der Waals surface area (Å²) in [5.41, 5.74) is -10.6. The lowest BCUT2D eigenvalue weighted by molar-refractivity contribution is -0.389. The van der Waals surface area contributed by atoms with Crippen molar-refractivity contribution in [1.82, 2.24) is 0 Å². The van der Waals surface area contributed by atoms with Gasteiger partial charge < -0.3 is 4.74 Å². The quantitative estimate of drug-likeness (QED) is 0.254. The van der Waals surface area contributed by atoms with E-state index in [0.29, 0.717) is 0 Å². The molecular weight excluding hydrogens is 586 g/mol. The van der Waals surface area contributed by atoms with Crippen molar-refractivity contribution >= 4 is 50.7 Å². The number of halogens is 16. The van der Waals surface area contributed by atoms with Crippen molar-refractivity contribution in [3.05, 3.63) is 27.7 Å². The third-order valence-electron chi connectivity index (χ3n) is 3.33. The molecule has 1 aromatic carbocycles. The second-order valence-electron chi connectivity index (χ2n) is 5.50. The standard InChI is InChI=1S/C13H4BrCl3F12O/c14-7-2-4(30-13(27,28)29)1-6(5(7)3-8(15,16)17)9(18,11(21,22)23)10(19,20)12(24,25)26/h1-2H,3H2. The molecule has 0 aliphatic carbocycles. The highest BCUT2D eigenvalue weighted by atomic mass is 79.9. The molecule has 0 aliphatic heterocycles. The molecule has 0 amide bonds. The zero-order valence-corrected chi connectivity index (χ0v) is 17.2. The van der Waals surface area contributed by atoms with Crippen molar-refractivity contribution in [2.24, 2.45) is 0 Å². The van der Waals surface area contributed by atoms with E-state index >= 15 is 0 Å². The average molecular weight is 590 g/mol. The normalized spacial score (nSPS) is 16.4. The SMILES string of the molecule is FC(F)(F)Oc1cc(Br)c(CC(Cl)(Cl)Cl)c(C(F)(C(F)(F)F)C(F)(F)C(F)(F)F)c1. The lowest BCUT2D eigenvalue weighted by atomic mass is 9.83. The van der Waals surface area contributed by atoms with Crippen LogP contribution in [0.4, 0.5) is 52.7 Å². The molecule has 1 atom stereocenters. The summed E-state index contributed by atoms with van der Waals surface area (Å²) < 4.78 is 157. The first-order valence-corrected chi connectivity index (χ1v) is 8.72. The van der Waals surface area contributed by atoms with E-state index in [4.69, 9.17) is 34.8 Å². The Kier molecular flexibility index (Phi) is 7.48. The first-order chi connectivity index (χ1) is 12.9. The largest absolute Gasteiger partial charge is 0.573 e. The van der Waals surface area contributed by atoms with Crippen LogP contribution in [0.2, 0.25) is 0 Å². The van der Waals surface area contributed by atoms with Crippen LogP contribution in [-0.4, -0.2) is 28.4 Å². The molecule has 0 aromatic heterocycles. The van der Waals surface area contributed by atoms with Gasteiger partial charge in [0.05, 0.1) is 0 Å². The zero-order chi connectivity index (χ0) is 24.1. The van der Waals surface area contributed by atoms with E-state index in [9.17, 15) is 52.7 Å². The Morgan fingerprint density at radius 3 is 1.57 bits per heavy atom. The molecule has 1 aromatic rings. The zero-order valence-electron chi connectivity index (χ0n) is 13.3. The number of alkyl halides is 15. The maximum atomic E-state index is 14.9. The third kappa shape index (κ3) is 5.66. The Bertz CT molecular complexity index is 784. The number of hydrogen-bond donors (Lipinski definition) is 0. The maximum Gasteiger partial charge on any atom is 0.573 e. The first-order valence-electron chi connectivity index (χ1n) is 6.79. The van der Waals surface area contributed by atoms with Gasteiger partial charge in [-0.25, -0.2) is 4.39 Å². The topological polar surface area (TPSA) is 9.23 Å². The van der Waals surface area contributed by atoms with Gasteiger partial charge in [0.1, 0.15) is 5.75 Å². The Balaban J connectivity index is 4.06. The molecule has 0 saturated carbocycles. The molecule has 0 bridgehead atoms. The van der Waals surface area contributed by atoms with Crippen LogP contribution in [-0.2, 0) is 12.1 Å². The monoisotopic (exact) mass is 588 g/mol. The van der Waals surface area contributed by atoms with Crippen molar-refractivity contribution in [3.8, 4) is 5.75 Å². The Morgan fingerprint density at radius 1 is 0.767 bits per heavy atom. The molecule has 1 rings (SSSR count). The van der Waals surface area contributed by atoms with Crippen LogP contribution >= 0.6 is 50.7 Å². The van der Waals surface area contributed by atoms with E-state index in [1.165, 1.54) is 0 Å². The van der Waals surface area contributed by atoms with Gasteiger partial charge in [0, 0.05) is 16.5 Å². The lowest BCUT2D eigenvalue weighted by Gasteiger charge is -2.37. The van der Waals surface area contributed by atoms with Crippen molar-refractivity contribution < 1.29 is 57.4 Å². The molecule has 0 saturated heterocycles. The lowest BCUT2D eigenvalue weighted by Crippen LogP contribution is -2.60. The van der Waals surface area contributed by atoms with Gasteiger partial charge in [0.15, 0.2) is 3.79 Å². The summed E-state index contributed by atoms with van der Waals surface area (Å²) in [7, 11) is 0. The first kappa shape index (κ1) is 27.6. The van der Waals surface area contributed by atoms with Crippen LogP contribution in [0, 0.1) is 0 Å². The summed E-state index contributed by atoms with van der Waals surface area (Å²) in [6.45, 7) is 0. The molecule has 0 aliphatic rings. The number of hydrogen-bond acceptors (Lipinski definition) is 1. The summed E-state index contributed by atoms with van der Waals surface area (Å²) in [6, 6.07) is -0.414. The van der Waals surface area contributed by atoms with E-state index in [1.54, 1.807) is 0 Å². The fourth-order valence-electron chi connectivity index (χ4n) is 2.19. The second-order valence-corrected chi connectivity index (χ2v) is 8.87. The predicted molar refractivity (Wildman–Crippen MR) is 84.7 cm³/mol. The van der Waals surface area contributed by atoms with Crippen LogP contribution in [0.15, 0.2) is 16.6 Å². The fraction of sp³-hybridized carbons (Fsp3) is 0.538.